The number of methoxy groups -OCH3 is 1. The van der Waals surface area contributed by atoms with Gasteiger partial charge in [-0.1, -0.05) is 36.4 Å². The van der Waals surface area contributed by atoms with Gasteiger partial charge in [0, 0.05) is 22.9 Å². The molecule has 0 spiro atoms. The van der Waals surface area contributed by atoms with Gasteiger partial charge in [0.1, 0.15) is 11.5 Å². The van der Waals surface area contributed by atoms with Crippen molar-refractivity contribution in [3.63, 3.8) is 0 Å². The maximum absolute atomic E-state index is 13.0. The van der Waals surface area contributed by atoms with Crippen LogP contribution in [0.25, 0.3) is 0 Å². The van der Waals surface area contributed by atoms with Crippen LogP contribution in [0.15, 0.2) is 78.9 Å². The first-order valence-corrected chi connectivity index (χ1v) is 8.84. The zero-order valence-electron chi connectivity index (χ0n) is 15.7. The molecule has 1 N–H and O–H groups in total. The van der Waals surface area contributed by atoms with Gasteiger partial charge >= 0.3 is 0 Å². The van der Waals surface area contributed by atoms with Crippen molar-refractivity contribution in [1.29, 1.82) is 0 Å². The number of hydrogen-bond donors (Lipinski definition) is 1. The van der Waals surface area contributed by atoms with Crippen LogP contribution >= 0.6 is 0 Å². The highest BCUT2D eigenvalue weighted by Crippen LogP contribution is 2.25. The summed E-state index contributed by atoms with van der Waals surface area (Å²) in [6.45, 7) is 1.50. The number of benzene rings is 3. The van der Waals surface area contributed by atoms with E-state index < -0.39 is 6.10 Å². The molecule has 28 heavy (non-hydrogen) atoms. The van der Waals surface area contributed by atoms with Gasteiger partial charge in [-0.15, -0.1) is 0 Å². The molecular formula is C23H21NO4. The molecule has 0 bridgehead atoms. The minimum absolute atomic E-state index is 0.0260. The molecule has 3 rings (SSSR count). The molecule has 5 nitrogen and oxygen atoms in total. The molecule has 0 heterocycles. The Balaban J connectivity index is 1.84. The zero-order valence-corrected chi connectivity index (χ0v) is 15.7. The van der Waals surface area contributed by atoms with E-state index in [0.29, 0.717) is 22.7 Å². The van der Waals surface area contributed by atoms with Crippen LogP contribution in [-0.4, -0.2) is 18.8 Å². The number of amides is 1. The van der Waals surface area contributed by atoms with Crippen molar-refractivity contribution in [2.24, 2.45) is 0 Å². The highest BCUT2D eigenvalue weighted by Gasteiger charge is 2.23. The molecule has 5 heteroatoms. The molecular weight excluding hydrogens is 354 g/mol. The average Bonchev–Trinajstić information content (AvgIpc) is 2.73. The lowest BCUT2D eigenvalue weighted by atomic mass is 10.1. The summed E-state index contributed by atoms with van der Waals surface area (Å²) in [5, 5.41) is 2.87. The first-order valence-electron chi connectivity index (χ1n) is 8.84. The van der Waals surface area contributed by atoms with Crippen LogP contribution < -0.4 is 14.8 Å². The molecule has 0 aliphatic carbocycles. The maximum Gasteiger partial charge on any atom is 0.270 e. The number of nitrogens with one attached hydrogen (secondary N) is 1. The maximum atomic E-state index is 13.0. The Morgan fingerprint density at radius 2 is 1.57 bits per heavy atom. The van der Waals surface area contributed by atoms with Gasteiger partial charge < -0.3 is 14.8 Å². The summed E-state index contributed by atoms with van der Waals surface area (Å²) in [4.78, 5) is 24.4. The summed E-state index contributed by atoms with van der Waals surface area (Å²) in [5.41, 5.74) is 1.92. The fraction of sp³-hybridized carbons (Fsp3) is 0.130. The summed E-state index contributed by atoms with van der Waals surface area (Å²) in [5.74, 6) is 0.812. The molecule has 3 aromatic rings. The van der Waals surface area contributed by atoms with Gasteiger partial charge in [0.15, 0.2) is 5.78 Å². The summed E-state index contributed by atoms with van der Waals surface area (Å²) >= 11 is 0. The van der Waals surface area contributed by atoms with E-state index in [1.54, 1.807) is 55.6 Å². The second kappa shape index (κ2) is 8.86. The Morgan fingerprint density at radius 1 is 0.857 bits per heavy atom. The predicted octanol–water partition coefficient (Wildman–Crippen LogP) is 4.66. The first-order chi connectivity index (χ1) is 13.6. The Hall–Kier alpha value is -3.60. The monoisotopic (exact) mass is 375 g/mol. The molecule has 0 aliphatic heterocycles. The van der Waals surface area contributed by atoms with Crippen LogP contribution in [0.5, 0.6) is 11.5 Å². The fourth-order valence-corrected chi connectivity index (χ4v) is 2.71. The first kappa shape index (κ1) is 19.2. The molecule has 0 saturated heterocycles. The van der Waals surface area contributed by atoms with Crippen LogP contribution in [0.4, 0.5) is 5.69 Å². The van der Waals surface area contributed by atoms with Gasteiger partial charge in [-0.05, 0) is 43.3 Å². The van der Waals surface area contributed by atoms with Crippen molar-refractivity contribution in [2.45, 2.75) is 13.0 Å². The van der Waals surface area contributed by atoms with Crippen LogP contribution in [0.2, 0.25) is 0 Å². The molecule has 0 radical (unpaired) electrons. The summed E-state index contributed by atoms with van der Waals surface area (Å²) in [7, 11) is 1.57. The quantitative estimate of drug-likeness (QED) is 0.610. The van der Waals surface area contributed by atoms with E-state index in [-0.39, 0.29) is 11.7 Å². The SMILES string of the molecule is COc1cccc(NC(=O)[C@H](Oc2ccc(C(C)=O)cc2)c2ccccc2)c1. The van der Waals surface area contributed by atoms with Crippen molar-refractivity contribution in [3.8, 4) is 11.5 Å². The van der Waals surface area contributed by atoms with Gasteiger partial charge in [-0.3, -0.25) is 9.59 Å². The predicted molar refractivity (Wildman–Crippen MR) is 108 cm³/mol. The van der Waals surface area contributed by atoms with E-state index in [1.165, 1.54) is 6.92 Å². The summed E-state index contributed by atoms with van der Waals surface area (Å²) in [6.07, 6.45) is -0.851. The normalized spacial score (nSPS) is 11.4. The highest BCUT2D eigenvalue weighted by molar-refractivity contribution is 5.95. The molecule has 1 amide bonds. The van der Waals surface area contributed by atoms with Gasteiger partial charge in [0.2, 0.25) is 6.10 Å². The number of rotatable bonds is 7. The van der Waals surface area contributed by atoms with E-state index in [1.807, 2.05) is 30.3 Å². The molecule has 0 aliphatic rings. The van der Waals surface area contributed by atoms with Crippen molar-refractivity contribution in [1.82, 2.24) is 0 Å². The number of carbonyl (C=O) groups excluding carboxylic acids is 2. The third-order valence-electron chi connectivity index (χ3n) is 4.19. The second-order valence-electron chi connectivity index (χ2n) is 6.21. The number of anilines is 1. The lowest BCUT2D eigenvalue weighted by Crippen LogP contribution is -2.25. The van der Waals surface area contributed by atoms with E-state index >= 15 is 0 Å². The van der Waals surface area contributed by atoms with Crippen LogP contribution in [0.1, 0.15) is 28.9 Å². The van der Waals surface area contributed by atoms with Gasteiger partial charge in [-0.25, -0.2) is 0 Å². The number of hydrogen-bond acceptors (Lipinski definition) is 4. The summed E-state index contributed by atoms with van der Waals surface area (Å²) < 4.78 is 11.2. The number of ketones is 1. The Morgan fingerprint density at radius 3 is 2.21 bits per heavy atom. The standard InChI is InChI=1S/C23H21NO4/c1-16(25)17-11-13-20(14-12-17)28-22(18-7-4-3-5-8-18)23(26)24-19-9-6-10-21(15-19)27-2/h3-15,22H,1-2H3,(H,24,26)/t22-/m1/s1. The minimum atomic E-state index is -0.851. The molecule has 0 aromatic heterocycles. The van der Waals surface area contributed by atoms with Crippen LogP contribution in [-0.2, 0) is 4.79 Å². The molecule has 142 valence electrons. The number of ether oxygens (including phenoxy) is 2. The Labute approximate surface area is 163 Å². The number of Topliss-reactive ketones (excluding diaryl/α,β-unsaturated/α-hetero) is 1. The molecule has 0 unspecified atom stereocenters. The van der Waals surface area contributed by atoms with Gasteiger partial charge in [0.05, 0.1) is 7.11 Å². The van der Waals surface area contributed by atoms with Gasteiger partial charge in [0.25, 0.3) is 5.91 Å². The smallest absolute Gasteiger partial charge is 0.270 e. The minimum Gasteiger partial charge on any atom is -0.497 e. The lowest BCUT2D eigenvalue weighted by molar-refractivity contribution is -0.123. The molecule has 0 fully saturated rings. The lowest BCUT2D eigenvalue weighted by Gasteiger charge is -2.19. The molecule has 3 aromatic carbocycles. The van der Waals surface area contributed by atoms with Crippen molar-refractivity contribution >= 4 is 17.4 Å². The van der Waals surface area contributed by atoms with Gasteiger partial charge in [-0.2, -0.15) is 0 Å². The van der Waals surface area contributed by atoms with Crippen molar-refractivity contribution in [2.75, 3.05) is 12.4 Å². The largest absolute Gasteiger partial charge is 0.497 e. The van der Waals surface area contributed by atoms with E-state index in [9.17, 15) is 9.59 Å². The third kappa shape index (κ3) is 4.76. The Bertz CT molecular complexity index is 952. The van der Waals surface area contributed by atoms with Crippen molar-refractivity contribution in [3.05, 3.63) is 90.0 Å². The van der Waals surface area contributed by atoms with Crippen LogP contribution in [0, 0.1) is 0 Å². The second-order valence-corrected chi connectivity index (χ2v) is 6.21. The summed E-state index contributed by atoms with van der Waals surface area (Å²) in [6, 6.07) is 23.1. The highest BCUT2D eigenvalue weighted by atomic mass is 16.5. The fourth-order valence-electron chi connectivity index (χ4n) is 2.71. The Kier molecular flexibility index (Phi) is 6.07. The topological polar surface area (TPSA) is 64.6 Å². The molecule has 0 saturated carbocycles. The van der Waals surface area contributed by atoms with E-state index in [2.05, 4.69) is 5.32 Å². The van der Waals surface area contributed by atoms with E-state index in [4.69, 9.17) is 9.47 Å². The molecule has 1 atom stereocenters. The van der Waals surface area contributed by atoms with E-state index in [0.717, 1.165) is 5.56 Å². The third-order valence-corrected chi connectivity index (χ3v) is 4.19. The number of carbonyl (C=O) groups is 2. The zero-order chi connectivity index (χ0) is 19.9. The average molecular weight is 375 g/mol. The van der Waals surface area contributed by atoms with Crippen molar-refractivity contribution < 1.29 is 19.1 Å². The van der Waals surface area contributed by atoms with Crippen LogP contribution in [0.3, 0.4) is 0 Å².